The zero-order valence-electron chi connectivity index (χ0n) is 49.6. The lowest BCUT2D eigenvalue weighted by molar-refractivity contribution is -0.167. The van der Waals surface area contributed by atoms with Gasteiger partial charge in [0.15, 0.2) is 6.10 Å². The van der Waals surface area contributed by atoms with Gasteiger partial charge in [0.05, 0.1) is 0 Å². The Morgan fingerprint density at radius 1 is 0.284 bits per heavy atom. The molecule has 0 aromatic heterocycles. The molecule has 0 N–H and O–H groups in total. The Morgan fingerprint density at radius 2 is 0.527 bits per heavy atom. The number of carbonyl (C=O) groups is 3. The van der Waals surface area contributed by atoms with Crippen molar-refractivity contribution in [3.63, 3.8) is 0 Å². The third-order valence-electron chi connectivity index (χ3n) is 14.6. The molecule has 0 aromatic carbocycles. The van der Waals surface area contributed by atoms with Crippen molar-refractivity contribution < 1.29 is 28.6 Å². The molecule has 0 amide bonds. The molecule has 0 saturated carbocycles. The smallest absolute Gasteiger partial charge is 0.306 e. The molecule has 0 aliphatic rings. The number of ether oxygens (including phenoxy) is 3. The molecule has 0 aliphatic carbocycles. The second kappa shape index (κ2) is 62.9. The summed E-state index contributed by atoms with van der Waals surface area (Å²) in [4.78, 5) is 37.9. The second-order valence-corrected chi connectivity index (χ2v) is 22.0. The highest BCUT2D eigenvalue weighted by Crippen LogP contribution is 2.18. The highest BCUT2D eigenvalue weighted by molar-refractivity contribution is 5.71. The fraction of sp³-hybridized carbons (Fsp3) is 0.838. The van der Waals surface area contributed by atoms with Crippen LogP contribution in [0.2, 0.25) is 0 Å². The summed E-state index contributed by atoms with van der Waals surface area (Å²) in [7, 11) is 0. The predicted octanol–water partition coefficient (Wildman–Crippen LogP) is 22.2. The van der Waals surface area contributed by atoms with Crippen molar-refractivity contribution in [1.82, 2.24) is 0 Å². The van der Waals surface area contributed by atoms with Gasteiger partial charge in [-0.15, -0.1) is 0 Å². The van der Waals surface area contributed by atoms with E-state index in [-0.39, 0.29) is 31.1 Å². The first-order chi connectivity index (χ1) is 36.5. The van der Waals surface area contributed by atoms with Crippen molar-refractivity contribution >= 4 is 17.9 Å². The number of rotatable bonds is 60. The van der Waals surface area contributed by atoms with Crippen LogP contribution >= 0.6 is 0 Å². The van der Waals surface area contributed by atoms with E-state index in [0.717, 1.165) is 89.9 Å². The lowest BCUT2D eigenvalue weighted by Crippen LogP contribution is -2.30. The van der Waals surface area contributed by atoms with Crippen molar-refractivity contribution in [3.05, 3.63) is 48.6 Å². The van der Waals surface area contributed by atoms with Gasteiger partial charge in [-0.1, -0.05) is 320 Å². The van der Waals surface area contributed by atoms with Crippen LogP contribution in [0.4, 0.5) is 0 Å². The molecule has 0 saturated heterocycles. The minimum atomic E-state index is -0.769. The first-order valence-corrected chi connectivity index (χ1v) is 32.6. The van der Waals surface area contributed by atoms with Crippen LogP contribution in [0.5, 0.6) is 0 Å². The highest BCUT2D eigenvalue weighted by atomic mass is 16.6. The van der Waals surface area contributed by atoms with Gasteiger partial charge < -0.3 is 14.2 Å². The Balaban J connectivity index is 3.98. The quantitative estimate of drug-likeness (QED) is 0.0261. The normalized spacial score (nSPS) is 12.3. The maximum atomic E-state index is 12.8. The van der Waals surface area contributed by atoms with E-state index in [9.17, 15) is 14.4 Å². The summed E-state index contributed by atoms with van der Waals surface area (Å²) in [5, 5.41) is 0. The molecule has 0 heterocycles. The number of allylic oxidation sites excluding steroid dienone is 8. The number of unbranched alkanes of at least 4 members (excludes halogenated alkanes) is 41. The zero-order chi connectivity index (χ0) is 53.6. The maximum absolute atomic E-state index is 12.8. The van der Waals surface area contributed by atoms with Crippen molar-refractivity contribution in [1.29, 1.82) is 0 Å². The van der Waals surface area contributed by atoms with Crippen LogP contribution in [-0.2, 0) is 28.6 Å². The summed E-state index contributed by atoms with van der Waals surface area (Å²) in [6, 6.07) is 0. The Labute approximate surface area is 460 Å². The number of hydrogen-bond donors (Lipinski definition) is 0. The van der Waals surface area contributed by atoms with Crippen LogP contribution in [-0.4, -0.2) is 37.2 Å². The SMILES string of the molecule is CC/C=C\C/C=C\C/C=C\C/C=C\CCCCCCCCCCCCCCC(=O)OC(COC(=O)CCCCCCC)COC(=O)CCCCCCCCCCCCCCCCCCCCCCCCCCCC. The lowest BCUT2D eigenvalue weighted by atomic mass is 10.0. The Kier molecular flexibility index (Phi) is 60.7. The molecule has 0 aromatic rings. The lowest BCUT2D eigenvalue weighted by Gasteiger charge is -2.18. The highest BCUT2D eigenvalue weighted by Gasteiger charge is 2.19. The van der Waals surface area contributed by atoms with E-state index in [1.165, 1.54) is 218 Å². The van der Waals surface area contributed by atoms with Gasteiger partial charge in [0.1, 0.15) is 13.2 Å². The number of hydrogen-bond acceptors (Lipinski definition) is 6. The molecular formula is C68H124O6. The van der Waals surface area contributed by atoms with Crippen LogP contribution in [0.25, 0.3) is 0 Å². The first-order valence-electron chi connectivity index (χ1n) is 32.6. The number of esters is 3. The molecular weight excluding hydrogens is 913 g/mol. The summed E-state index contributed by atoms with van der Waals surface area (Å²) >= 11 is 0. The van der Waals surface area contributed by atoms with E-state index >= 15 is 0 Å². The first kappa shape index (κ1) is 71.4. The summed E-state index contributed by atoms with van der Waals surface area (Å²) in [6.07, 6.45) is 79.0. The Bertz CT molecular complexity index is 1280. The van der Waals surface area contributed by atoms with Crippen LogP contribution in [0.15, 0.2) is 48.6 Å². The van der Waals surface area contributed by atoms with Crippen LogP contribution in [0, 0.1) is 0 Å². The molecule has 74 heavy (non-hydrogen) atoms. The van der Waals surface area contributed by atoms with Crippen molar-refractivity contribution in [2.24, 2.45) is 0 Å². The maximum Gasteiger partial charge on any atom is 0.306 e. The molecule has 0 aliphatic heterocycles. The number of carbonyl (C=O) groups excluding carboxylic acids is 3. The van der Waals surface area contributed by atoms with Gasteiger partial charge in [-0.05, 0) is 57.8 Å². The minimum absolute atomic E-state index is 0.0696. The molecule has 0 spiro atoms. The van der Waals surface area contributed by atoms with Gasteiger partial charge in [0, 0.05) is 19.3 Å². The molecule has 6 nitrogen and oxygen atoms in total. The fourth-order valence-corrected chi connectivity index (χ4v) is 9.73. The van der Waals surface area contributed by atoms with Crippen molar-refractivity contribution in [2.45, 2.75) is 354 Å². The van der Waals surface area contributed by atoms with E-state index < -0.39 is 6.10 Å². The largest absolute Gasteiger partial charge is 0.462 e. The van der Waals surface area contributed by atoms with Gasteiger partial charge in [0.2, 0.25) is 0 Å². The molecule has 0 rings (SSSR count). The minimum Gasteiger partial charge on any atom is -0.462 e. The molecule has 6 heteroatoms. The van der Waals surface area contributed by atoms with Gasteiger partial charge in [-0.25, -0.2) is 0 Å². The van der Waals surface area contributed by atoms with E-state index in [1.807, 2.05) is 0 Å². The molecule has 0 fully saturated rings. The van der Waals surface area contributed by atoms with Crippen molar-refractivity contribution in [2.75, 3.05) is 13.2 Å². The molecule has 0 radical (unpaired) electrons. The fourth-order valence-electron chi connectivity index (χ4n) is 9.73. The zero-order valence-corrected chi connectivity index (χ0v) is 49.6. The van der Waals surface area contributed by atoms with Crippen LogP contribution in [0.1, 0.15) is 348 Å². The van der Waals surface area contributed by atoms with E-state index in [1.54, 1.807) is 0 Å². The summed E-state index contributed by atoms with van der Waals surface area (Å²) in [5.74, 6) is -0.866. The summed E-state index contributed by atoms with van der Waals surface area (Å²) in [6.45, 7) is 6.50. The predicted molar refractivity (Wildman–Crippen MR) is 321 cm³/mol. The molecule has 432 valence electrons. The van der Waals surface area contributed by atoms with Crippen molar-refractivity contribution in [3.8, 4) is 0 Å². The second-order valence-electron chi connectivity index (χ2n) is 22.0. The summed E-state index contributed by atoms with van der Waals surface area (Å²) < 4.78 is 16.8. The third kappa shape index (κ3) is 60.2. The monoisotopic (exact) mass is 1040 g/mol. The third-order valence-corrected chi connectivity index (χ3v) is 14.6. The Morgan fingerprint density at radius 3 is 0.824 bits per heavy atom. The topological polar surface area (TPSA) is 78.9 Å². The Hall–Kier alpha value is -2.63. The van der Waals surface area contributed by atoms with Gasteiger partial charge >= 0.3 is 17.9 Å². The van der Waals surface area contributed by atoms with Gasteiger partial charge in [0.25, 0.3) is 0 Å². The molecule has 1 unspecified atom stereocenters. The average molecular weight is 1040 g/mol. The van der Waals surface area contributed by atoms with E-state index in [4.69, 9.17) is 14.2 Å². The van der Waals surface area contributed by atoms with E-state index in [0.29, 0.717) is 19.3 Å². The average Bonchev–Trinajstić information content (AvgIpc) is 3.40. The molecule has 0 bridgehead atoms. The molecule has 1 atom stereocenters. The van der Waals surface area contributed by atoms with E-state index in [2.05, 4.69) is 69.4 Å². The van der Waals surface area contributed by atoms with Gasteiger partial charge in [-0.2, -0.15) is 0 Å². The summed E-state index contributed by atoms with van der Waals surface area (Å²) in [5.41, 5.74) is 0. The standard InChI is InChI=1S/C68H124O6/c1-4-7-10-13-15-17-19-21-23-25-27-29-31-33-35-36-38-40-42-44-46-48-50-52-55-58-61-67(70)73-64-65(63-72-66(69)60-57-54-12-9-6-3)74-68(71)62-59-56-53-51-49-47-45-43-41-39-37-34-32-30-28-26-24-22-20-18-16-14-11-8-5-2/h8,11,16,18,22,24,28,30,65H,4-7,9-10,12-15,17,19-21,23,25-27,29,31-64H2,1-3H3/b11-8-,18-16-,24-22-,30-28-. The van der Waals surface area contributed by atoms with Crippen LogP contribution in [0.3, 0.4) is 0 Å². The van der Waals surface area contributed by atoms with Crippen LogP contribution < -0.4 is 0 Å². The van der Waals surface area contributed by atoms with Gasteiger partial charge in [-0.3, -0.25) is 14.4 Å².